The van der Waals surface area contributed by atoms with Gasteiger partial charge >= 0.3 is 0 Å². The summed E-state index contributed by atoms with van der Waals surface area (Å²) in [4.78, 5) is 105. The maximum atomic E-state index is 14.6. The number of para-hydroxylation sites is 6. The molecule has 15 rings (SSSR count). The van der Waals surface area contributed by atoms with Crippen LogP contribution in [0.25, 0.3) is 65.4 Å². The van der Waals surface area contributed by atoms with Crippen LogP contribution in [0.2, 0.25) is 0 Å². The monoisotopic (exact) mass is 1320 g/mol. The molecule has 0 saturated heterocycles. The Hall–Kier alpha value is -13.0. The number of aromatic amines is 6. The smallest absolute Gasteiger partial charge is 0.247 e. The topological polar surface area (TPSA) is 269 Å². The van der Waals surface area contributed by atoms with Gasteiger partial charge in [-0.2, -0.15) is 0 Å². The van der Waals surface area contributed by atoms with Crippen molar-refractivity contribution in [2.24, 2.45) is 0 Å². The van der Waals surface area contributed by atoms with E-state index in [2.05, 4.69) is 61.8 Å². The Morgan fingerprint density at radius 1 is 0.260 bits per heavy atom. The fourth-order valence-corrected chi connectivity index (χ4v) is 13.8. The van der Waals surface area contributed by atoms with Gasteiger partial charge in [0.05, 0.1) is 19.3 Å². The van der Waals surface area contributed by atoms with Crippen molar-refractivity contribution in [1.29, 1.82) is 0 Å². The van der Waals surface area contributed by atoms with Gasteiger partial charge in [-0.05, 0) is 123 Å². The van der Waals surface area contributed by atoms with Crippen molar-refractivity contribution in [2.75, 3.05) is 16.0 Å². The van der Waals surface area contributed by atoms with Crippen LogP contribution in [0, 0.1) is 0 Å². The summed E-state index contributed by atoms with van der Waals surface area (Å²) in [5, 5.41) is 24.2. The summed E-state index contributed by atoms with van der Waals surface area (Å²) in [6.45, 7) is 0. The van der Waals surface area contributed by atoms with Gasteiger partial charge < -0.3 is 61.8 Å². The number of nitrogens with one attached hydrogen (secondary N) is 12. The summed E-state index contributed by atoms with van der Waals surface area (Å²) in [6.07, 6.45) is 12.0. The zero-order valence-electron chi connectivity index (χ0n) is 54.3. The van der Waals surface area contributed by atoms with Gasteiger partial charge in [0.15, 0.2) is 0 Å². The summed E-state index contributed by atoms with van der Waals surface area (Å²) >= 11 is 0. The number of carbonyl (C=O) groups is 6. The normalized spacial score (nSPS) is 12.4. The second kappa shape index (κ2) is 28.0. The fourth-order valence-electron chi connectivity index (χ4n) is 13.8. The van der Waals surface area contributed by atoms with Crippen LogP contribution in [-0.4, -0.2) is 83.5 Å². The van der Waals surface area contributed by atoms with Gasteiger partial charge in [-0.3, -0.25) is 28.8 Å². The molecule has 0 fully saturated rings. The molecule has 0 unspecified atom stereocenters. The van der Waals surface area contributed by atoms with E-state index in [0.717, 1.165) is 115 Å². The zero-order chi connectivity index (χ0) is 68.1. The van der Waals surface area contributed by atoms with Gasteiger partial charge in [0.1, 0.15) is 18.1 Å². The second-order valence-corrected chi connectivity index (χ2v) is 25.4. The van der Waals surface area contributed by atoms with Gasteiger partial charge in [-0.25, -0.2) is 0 Å². The molecular formula is C82H70N12O6. The zero-order valence-corrected chi connectivity index (χ0v) is 54.3. The number of hydrogen-bond acceptors (Lipinski definition) is 6. The van der Waals surface area contributed by atoms with Crippen LogP contribution in [0.3, 0.4) is 0 Å². The highest BCUT2D eigenvalue weighted by molar-refractivity contribution is 6.02. The van der Waals surface area contributed by atoms with E-state index in [1.54, 1.807) is 0 Å². The summed E-state index contributed by atoms with van der Waals surface area (Å²) in [5.74, 6) is -2.53. The highest BCUT2D eigenvalue weighted by Crippen LogP contribution is 2.35. The Kier molecular flexibility index (Phi) is 17.7. The number of carbonyl (C=O) groups excluding carboxylic acids is 6. The Bertz CT molecular complexity index is 4980. The number of rotatable bonds is 24. The average molecular weight is 1320 g/mol. The highest BCUT2D eigenvalue weighted by Gasteiger charge is 2.29. The number of benzene rings is 9. The first-order chi connectivity index (χ1) is 49.0. The predicted molar refractivity (Wildman–Crippen MR) is 394 cm³/mol. The van der Waals surface area contributed by atoms with E-state index >= 15 is 0 Å². The molecule has 0 bridgehead atoms. The minimum atomic E-state index is -0.946. The SMILES string of the molecule is O=C(Cc1c[nH]c2ccccc12)N[C@@H](Cc1c[nH]c2ccccc12)C(=O)Nc1ccc(C(c2ccc(NC(=O)[C@H](Cc3c[nH]c4ccccc34)NC(=O)Cc3c[nH]c4ccccc34)cc2)c2ccc(NC(=O)[C@H](Cc3c[nH]c4ccccc34)NC(=O)Cc3c[nH]c4ccccc34)cc2)cc1. The van der Waals surface area contributed by atoms with Crippen molar-refractivity contribution in [3.63, 3.8) is 0 Å². The molecule has 6 aromatic heterocycles. The third-order valence-corrected chi connectivity index (χ3v) is 18.9. The van der Waals surface area contributed by atoms with Crippen molar-refractivity contribution < 1.29 is 28.8 Å². The molecular weight excluding hydrogens is 1250 g/mol. The molecule has 100 heavy (non-hydrogen) atoms. The Morgan fingerprint density at radius 3 is 0.710 bits per heavy atom. The first-order valence-electron chi connectivity index (χ1n) is 33.4. The molecule has 15 aromatic rings. The fraction of sp³-hybridized carbons (Fsp3) is 0.122. The Balaban J connectivity index is 0.705. The molecule has 6 heterocycles. The van der Waals surface area contributed by atoms with Crippen molar-refractivity contribution in [3.05, 3.63) is 306 Å². The molecule has 0 spiro atoms. The summed E-state index contributed by atoms with van der Waals surface area (Å²) < 4.78 is 0. The quantitative estimate of drug-likeness (QED) is 0.0261. The molecule has 6 amide bonds. The van der Waals surface area contributed by atoms with Gasteiger partial charge in [-0.1, -0.05) is 146 Å². The molecule has 3 atom stereocenters. The molecule has 9 aromatic carbocycles. The molecule has 0 aliphatic heterocycles. The number of anilines is 3. The van der Waals surface area contributed by atoms with Crippen molar-refractivity contribution in [1.82, 2.24) is 45.9 Å². The number of H-pyrrole nitrogens is 6. The Labute approximate surface area is 573 Å². The van der Waals surface area contributed by atoms with Crippen LogP contribution in [-0.2, 0) is 67.3 Å². The lowest BCUT2D eigenvalue weighted by molar-refractivity contribution is -0.126. The lowest BCUT2D eigenvalue weighted by atomic mass is 9.85. The van der Waals surface area contributed by atoms with Crippen LogP contribution < -0.4 is 31.9 Å². The summed E-state index contributed by atoms with van der Waals surface area (Å²) in [6, 6.07) is 66.7. The van der Waals surface area contributed by atoms with E-state index in [-0.39, 0.29) is 56.2 Å². The molecule has 18 heteroatoms. The molecule has 18 nitrogen and oxygen atoms in total. The van der Waals surface area contributed by atoms with E-state index in [9.17, 15) is 28.8 Å². The van der Waals surface area contributed by atoms with Crippen LogP contribution in [0.4, 0.5) is 17.1 Å². The first-order valence-corrected chi connectivity index (χ1v) is 33.4. The molecule has 0 aliphatic carbocycles. The molecule has 0 radical (unpaired) electrons. The highest BCUT2D eigenvalue weighted by atomic mass is 16.2. The molecule has 494 valence electrons. The molecule has 0 aliphatic rings. The predicted octanol–water partition coefficient (Wildman–Crippen LogP) is 13.5. The third kappa shape index (κ3) is 13.7. The minimum absolute atomic E-state index is 0.0633. The first kappa shape index (κ1) is 63.1. The maximum Gasteiger partial charge on any atom is 0.247 e. The number of fused-ring (bicyclic) bond motifs is 6. The van der Waals surface area contributed by atoms with E-state index in [1.165, 1.54) is 0 Å². The van der Waals surface area contributed by atoms with Crippen LogP contribution in [0.15, 0.2) is 256 Å². The van der Waals surface area contributed by atoms with Gasteiger partial charge in [0, 0.05) is 145 Å². The van der Waals surface area contributed by atoms with E-state index in [1.807, 2.05) is 256 Å². The standard InChI is InChI=1S/C82H70N12O6/c95-76(40-55-46-86-70-22-10-4-16-64(55)70)92-73(37-52-43-83-67-19-7-1-13-61(52)67)80(98)89-58-31-25-49(26-32-58)79(50-27-33-59(34-28-50)90-81(99)74(38-53-44-84-68-20-8-2-14-62(53)68)93-77(96)41-56-47-87-71-23-11-5-17-65(56)71)51-29-35-60(36-30-51)91-82(100)75(39-54-45-85-69-21-9-3-15-63(54)69)94-78(97)42-57-48-88-72-24-12-6-18-66(57)72/h1-36,43-48,73-75,79,83-88H,37-42H2,(H,89,98)(H,90,99)(H,91,100)(H,92,95)(H,93,96)(H,94,97)/t73-,74-,75-/m0/s1. The number of amides is 6. The van der Waals surface area contributed by atoms with Crippen molar-refractivity contribution in [3.8, 4) is 0 Å². The van der Waals surface area contributed by atoms with Crippen molar-refractivity contribution >= 4 is 118 Å². The molecule has 0 saturated carbocycles. The summed E-state index contributed by atoms with van der Waals surface area (Å²) in [7, 11) is 0. The lowest BCUT2D eigenvalue weighted by Crippen LogP contribution is -2.45. The molecule has 12 N–H and O–H groups in total. The minimum Gasteiger partial charge on any atom is -0.361 e. The lowest BCUT2D eigenvalue weighted by Gasteiger charge is -2.22. The van der Waals surface area contributed by atoms with Gasteiger partial charge in [-0.15, -0.1) is 0 Å². The van der Waals surface area contributed by atoms with Crippen LogP contribution in [0.5, 0.6) is 0 Å². The number of aromatic nitrogens is 6. The Morgan fingerprint density at radius 2 is 0.470 bits per heavy atom. The second-order valence-electron chi connectivity index (χ2n) is 25.4. The van der Waals surface area contributed by atoms with Gasteiger partial charge in [0.25, 0.3) is 0 Å². The van der Waals surface area contributed by atoms with Crippen molar-refractivity contribution in [2.45, 2.75) is 62.6 Å². The average Bonchev–Trinajstić information content (AvgIpc) is 1.14. The largest absolute Gasteiger partial charge is 0.361 e. The summed E-state index contributed by atoms with van der Waals surface area (Å²) in [5.41, 5.74) is 14.6. The van der Waals surface area contributed by atoms with Gasteiger partial charge in [0.2, 0.25) is 35.4 Å². The van der Waals surface area contributed by atoms with E-state index in [4.69, 9.17) is 0 Å². The maximum absolute atomic E-state index is 14.6. The number of hydrogen-bond donors (Lipinski definition) is 12. The van der Waals surface area contributed by atoms with Crippen LogP contribution in [0.1, 0.15) is 56.0 Å². The van der Waals surface area contributed by atoms with E-state index in [0.29, 0.717) is 17.1 Å². The third-order valence-electron chi connectivity index (χ3n) is 18.9. The van der Waals surface area contributed by atoms with E-state index < -0.39 is 41.8 Å². The van der Waals surface area contributed by atoms with Crippen LogP contribution >= 0.6 is 0 Å².